The Balaban J connectivity index is 1.60. The molecule has 2 aromatic heterocycles. The highest BCUT2D eigenvalue weighted by atomic mass is 79.9. The van der Waals surface area contributed by atoms with Crippen molar-refractivity contribution < 1.29 is 4.79 Å². The van der Waals surface area contributed by atoms with Crippen LogP contribution < -0.4 is 10.6 Å². The van der Waals surface area contributed by atoms with Gasteiger partial charge in [-0.1, -0.05) is 22.0 Å². The molecule has 0 unspecified atom stereocenters. The second-order valence-corrected chi connectivity index (χ2v) is 7.00. The molecule has 2 N–H and O–H groups in total. The third kappa shape index (κ3) is 4.62. The molecule has 2 heterocycles. The fourth-order valence-electron chi connectivity index (χ4n) is 2.10. The van der Waals surface area contributed by atoms with Gasteiger partial charge >= 0.3 is 0 Å². The Hall–Kier alpha value is -2.25. The summed E-state index contributed by atoms with van der Waals surface area (Å²) in [5, 5.41) is 8.61. The monoisotopic (exact) mass is 402 g/mol. The highest BCUT2D eigenvalue weighted by Crippen LogP contribution is 2.21. The molecule has 0 aliphatic carbocycles. The Morgan fingerprint density at radius 1 is 1.29 bits per heavy atom. The van der Waals surface area contributed by atoms with Crippen molar-refractivity contribution in [3.63, 3.8) is 0 Å². The summed E-state index contributed by atoms with van der Waals surface area (Å²) in [5.41, 5.74) is 2.60. The van der Waals surface area contributed by atoms with Gasteiger partial charge in [0.15, 0.2) is 5.13 Å². The number of rotatable bonds is 5. The number of amides is 1. The smallest absolute Gasteiger partial charge is 0.230 e. The number of pyridine rings is 1. The molecule has 24 heavy (non-hydrogen) atoms. The predicted octanol–water partition coefficient (Wildman–Crippen LogP) is 4.53. The van der Waals surface area contributed by atoms with Crippen LogP contribution in [-0.2, 0) is 11.2 Å². The van der Waals surface area contributed by atoms with Gasteiger partial charge in [-0.05, 0) is 42.8 Å². The van der Waals surface area contributed by atoms with Gasteiger partial charge in [0.2, 0.25) is 5.91 Å². The van der Waals surface area contributed by atoms with Gasteiger partial charge in [-0.3, -0.25) is 4.79 Å². The van der Waals surface area contributed by atoms with Crippen molar-refractivity contribution in [2.45, 2.75) is 13.3 Å². The van der Waals surface area contributed by atoms with Crippen LogP contribution in [0.2, 0.25) is 0 Å². The van der Waals surface area contributed by atoms with Crippen molar-refractivity contribution in [2.24, 2.45) is 0 Å². The van der Waals surface area contributed by atoms with E-state index >= 15 is 0 Å². The van der Waals surface area contributed by atoms with Crippen molar-refractivity contribution >= 4 is 49.8 Å². The molecule has 0 aliphatic rings. The van der Waals surface area contributed by atoms with E-state index in [2.05, 4.69) is 36.5 Å². The number of halogens is 1. The number of anilines is 3. The van der Waals surface area contributed by atoms with E-state index in [1.807, 2.05) is 48.7 Å². The first-order valence-electron chi connectivity index (χ1n) is 7.28. The summed E-state index contributed by atoms with van der Waals surface area (Å²) in [6.07, 6.45) is 1.98. The molecular formula is C17H15BrN4OS. The second kappa shape index (κ2) is 7.55. The molecule has 3 aromatic rings. The Bertz CT molecular complexity index is 865. The highest BCUT2D eigenvalue weighted by Gasteiger charge is 2.09. The van der Waals surface area contributed by atoms with Gasteiger partial charge < -0.3 is 10.6 Å². The summed E-state index contributed by atoms with van der Waals surface area (Å²) in [4.78, 5) is 20.8. The van der Waals surface area contributed by atoms with Crippen LogP contribution in [0.25, 0.3) is 0 Å². The summed E-state index contributed by atoms with van der Waals surface area (Å²) in [6, 6.07) is 11.4. The molecule has 0 saturated carbocycles. The quantitative estimate of drug-likeness (QED) is 0.657. The molecule has 5 nitrogen and oxygen atoms in total. The summed E-state index contributed by atoms with van der Waals surface area (Å²) < 4.78 is 0.922. The zero-order chi connectivity index (χ0) is 16.9. The Morgan fingerprint density at radius 2 is 2.17 bits per heavy atom. The van der Waals surface area contributed by atoms with E-state index in [9.17, 15) is 4.79 Å². The average molecular weight is 403 g/mol. The minimum absolute atomic E-state index is 0.0985. The Kier molecular flexibility index (Phi) is 5.22. The van der Waals surface area contributed by atoms with Crippen molar-refractivity contribution in [3.05, 3.63) is 63.7 Å². The second-order valence-electron chi connectivity index (χ2n) is 5.22. The van der Waals surface area contributed by atoms with Crippen LogP contribution >= 0.6 is 27.3 Å². The van der Waals surface area contributed by atoms with Crippen molar-refractivity contribution in [3.8, 4) is 0 Å². The number of aryl methyl sites for hydroxylation is 1. The van der Waals surface area contributed by atoms with Gasteiger partial charge in [0, 0.05) is 21.7 Å². The van der Waals surface area contributed by atoms with Crippen molar-refractivity contribution in [1.82, 2.24) is 9.97 Å². The number of hydrogen-bond donors (Lipinski definition) is 2. The number of aromatic nitrogens is 2. The lowest BCUT2D eigenvalue weighted by atomic mass is 10.3. The molecule has 0 fully saturated rings. The van der Waals surface area contributed by atoms with Crippen LogP contribution in [-0.4, -0.2) is 15.9 Å². The minimum atomic E-state index is -0.0985. The van der Waals surface area contributed by atoms with E-state index in [-0.39, 0.29) is 12.3 Å². The molecule has 122 valence electrons. The van der Waals surface area contributed by atoms with Crippen LogP contribution in [0.1, 0.15) is 11.3 Å². The fraction of sp³-hybridized carbons (Fsp3) is 0.118. The van der Waals surface area contributed by atoms with Crippen LogP contribution in [0.4, 0.5) is 16.6 Å². The molecule has 0 radical (unpaired) electrons. The molecule has 0 atom stereocenters. The maximum absolute atomic E-state index is 12.1. The topological polar surface area (TPSA) is 66.9 Å². The molecule has 0 bridgehead atoms. The lowest BCUT2D eigenvalue weighted by Gasteiger charge is -2.04. The summed E-state index contributed by atoms with van der Waals surface area (Å²) in [7, 11) is 0. The van der Waals surface area contributed by atoms with E-state index in [1.165, 1.54) is 11.3 Å². The van der Waals surface area contributed by atoms with E-state index in [0.717, 1.165) is 32.4 Å². The molecule has 1 aromatic carbocycles. The maximum Gasteiger partial charge on any atom is 0.230 e. The summed E-state index contributed by atoms with van der Waals surface area (Å²) in [5.74, 6) is 0.646. The number of benzene rings is 1. The van der Waals surface area contributed by atoms with Gasteiger partial charge in [-0.2, -0.15) is 0 Å². The Morgan fingerprint density at radius 3 is 2.96 bits per heavy atom. The zero-order valence-electron chi connectivity index (χ0n) is 12.9. The number of nitrogens with one attached hydrogen (secondary N) is 2. The number of hydrogen-bond acceptors (Lipinski definition) is 5. The van der Waals surface area contributed by atoms with Gasteiger partial charge in [-0.25, -0.2) is 9.97 Å². The number of carbonyl (C=O) groups excluding carboxylic acids is 1. The van der Waals surface area contributed by atoms with Crippen LogP contribution in [0.5, 0.6) is 0 Å². The van der Waals surface area contributed by atoms with Crippen LogP contribution in [0.15, 0.2) is 52.4 Å². The first-order chi connectivity index (χ1) is 11.6. The van der Waals surface area contributed by atoms with Crippen molar-refractivity contribution in [1.29, 1.82) is 0 Å². The first kappa shape index (κ1) is 16.6. The van der Waals surface area contributed by atoms with E-state index in [0.29, 0.717) is 0 Å². The standard InChI is InChI=1S/C17H15BrN4OS/c1-11-5-6-19-15(7-11)22-17-21-14(10-24-17)9-16(23)20-13-4-2-3-12(18)8-13/h2-8,10H,9H2,1H3,(H,20,23)(H,19,21,22). The molecule has 7 heteroatoms. The third-order valence-corrected chi connectivity index (χ3v) is 4.45. The van der Waals surface area contributed by atoms with Gasteiger partial charge in [0.05, 0.1) is 12.1 Å². The molecule has 0 spiro atoms. The summed E-state index contributed by atoms with van der Waals surface area (Å²) >= 11 is 4.83. The first-order valence-corrected chi connectivity index (χ1v) is 8.95. The van der Waals surface area contributed by atoms with E-state index in [1.54, 1.807) is 6.20 Å². The predicted molar refractivity (Wildman–Crippen MR) is 101 cm³/mol. The molecular weight excluding hydrogens is 388 g/mol. The fourth-order valence-corrected chi connectivity index (χ4v) is 3.21. The highest BCUT2D eigenvalue weighted by molar-refractivity contribution is 9.10. The van der Waals surface area contributed by atoms with Gasteiger partial charge in [0.1, 0.15) is 5.82 Å². The number of nitrogens with zero attached hydrogens (tertiary/aromatic N) is 2. The van der Waals surface area contributed by atoms with Gasteiger partial charge in [0.25, 0.3) is 0 Å². The van der Waals surface area contributed by atoms with Gasteiger partial charge in [-0.15, -0.1) is 11.3 Å². The Labute approximate surface area is 152 Å². The van der Waals surface area contributed by atoms with Crippen LogP contribution in [0.3, 0.4) is 0 Å². The van der Waals surface area contributed by atoms with E-state index in [4.69, 9.17) is 0 Å². The lowest BCUT2D eigenvalue weighted by molar-refractivity contribution is -0.115. The molecule has 3 rings (SSSR count). The molecule has 0 saturated heterocycles. The maximum atomic E-state index is 12.1. The summed E-state index contributed by atoms with van der Waals surface area (Å²) in [6.45, 7) is 2.01. The van der Waals surface area contributed by atoms with Crippen LogP contribution in [0, 0.1) is 6.92 Å². The van der Waals surface area contributed by atoms with Crippen molar-refractivity contribution in [2.75, 3.05) is 10.6 Å². The third-order valence-electron chi connectivity index (χ3n) is 3.15. The minimum Gasteiger partial charge on any atom is -0.326 e. The largest absolute Gasteiger partial charge is 0.326 e. The van der Waals surface area contributed by atoms with E-state index < -0.39 is 0 Å². The normalized spacial score (nSPS) is 10.4. The average Bonchev–Trinajstić information content (AvgIpc) is 2.94. The zero-order valence-corrected chi connectivity index (χ0v) is 15.3. The number of thiazole rings is 1. The molecule has 1 amide bonds. The molecule has 0 aliphatic heterocycles. The number of carbonyl (C=O) groups is 1. The lowest BCUT2D eigenvalue weighted by Crippen LogP contribution is -2.14. The SMILES string of the molecule is Cc1ccnc(Nc2nc(CC(=O)Nc3cccc(Br)c3)cs2)c1.